The van der Waals surface area contributed by atoms with Gasteiger partial charge in [-0.3, -0.25) is 4.79 Å². The van der Waals surface area contributed by atoms with Crippen LogP contribution in [0.4, 0.5) is 0 Å². The first-order chi connectivity index (χ1) is 13.0. The third-order valence-corrected chi connectivity index (χ3v) is 5.60. The van der Waals surface area contributed by atoms with Crippen molar-refractivity contribution in [1.82, 2.24) is 14.8 Å². The summed E-state index contributed by atoms with van der Waals surface area (Å²) in [6, 6.07) is 16.1. The molecule has 1 amide bonds. The summed E-state index contributed by atoms with van der Waals surface area (Å²) in [5.41, 5.74) is 4.55. The zero-order valence-electron chi connectivity index (χ0n) is 15.6. The van der Waals surface area contributed by atoms with E-state index in [2.05, 4.69) is 33.9 Å². The molecule has 4 rings (SSSR count). The van der Waals surface area contributed by atoms with Crippen LogP contribution < -0.4 is 0 Å². The van der Waals surface area contributed by atoms with E-state index in [0.29, 0.717) is 0 Å². The molecule has 0 spiro atoms. The summed E-state index contributed by atoms with van der Waals surface area (Å²) < 4.78 is 0.998. The highest BCUT2D eigenvalue weighted by Crippen LogP contribution is 2.28. The molecule has 5 heteroatoms. The normalized spacial score (nSPS) is 15.3. The number of aryl methyl sites for hydroxylation is 1. The van der Waals surface area contributed by atoms with Gasteiger partial charge in [0.25, 0.3) is 5.91 Å². The predicted octanol–water partition coefficient (Wildman–Crippen LogP) is 4.36. The summed E-state index contributed by atoms with van der Waals surface area (Å²) in [6.45, 7) is 5.39. The number of hydrogen-bond acceptors (Lipinski definition) is 3. The molecule has 1 fully saturated rings. The number of carbonyl (C=O) groups excluding carboxylic acids is 1. The third-order valence-electron chi connectivity index (χ3n) is 5.11. The van der Waals surface area contributed by atoms with Crippen LogP contribution in [0.25, 0.3) is 22.2 Å². The molecule has 27 heavy (non-hydrogen) atoms. The lowest BCUT2D eigenvalue weighted by Gasteiger charge is -2.32. The van der Waals surface area contributed by atoms with Gasteiger partial charge in [-0.25, -0.2) is 4.98 Å². The zero-order chi connectivity index (χ0) is 19.0. The van der Waals surface area contributed by atoms with Crippen molar-refractivity contribution in [2.75, 3.05) is 33.2 Å². The highest BCUT2D eigenvalue weighted by molar-refractivity contribution is 9.10. The van der Waals surface area contributed by atoms with Gasteiger partial charge in [-0.2, -0.15) is 0 Å². The van der Waals surface area contributed by atoms with E-state index in [1.165, 1.54) is 0 Å². The van der Waals surface area contributed by atoms with Crippen molar-refractivity contribution >= 4 is 32.7 Å². The Morgan fingerprint density at radius 2 is 1.81 bits per heavy atom. The number of amides is 1. The van der Waals surface area contributed by atoms with Crippen molar-refractivity contribution in [3.63, 3.8) is 0 Å². The molecule has 2 aromatic carbocycles. The number of halogens is 1. The second-order valence-electron chi connectivity index (χ2n) is 7.18. The minimum atomic E-state index is 0.0948. The van der Waals surface area contributed by atoms with Crippen LogP contribution in [-0.4, -0.2) is 53.9 Å². The standard InChI is InChI=1S/C22H22BrN3O/c1-15-6-7-20-18(12-15)19(22(27)26-10-8-25(2)9-11-26)14-21(24-20)16-4-3-5-17(23)13-16/h3-7,12-14H,8-11H2,1-2H3. The number of rotatable bonds is 2. The van der Waals surface area contributed by atoms with Crippen molar-refractivity contribution in [2.24, 2.45) is 0 Å². The van der Waals surface area contributed by atoms with Gasteiger partial charge in [0, 0.05) is 41.6 Å². The molecule has 1 saturated heterocycles. The molecule has 0 aliphatic carbocycles. The van der Waals surface area contributed by atoms with E-state index in [4.69, 9.17) is 4.98 Å². The summed E-state index contributed by atoms with van der Waals surface area (Å²) in [6.07, 6.45) is 0. The molecular formula is C22H22BrN3O. The minimum Gasteiger partial charge on any atom is -0.336 e. The van der Waals surface area contributed by atoms with Crippen LogP contribution in [0.5, 0.6) is 0 Å². The minimum absolute atomic E-state index is 0.0948. The van der Waals surface area contributed by atoms with Gasteiger partial charge in [0.05, 0.1) is 16.8 Å². The number of aromatic nitrogens is 1. The number of likely N-dealkylation sites (N-methyl/N-ethyl adjacent to an activating group) is 1. The molecule has 4 nitrogen and oxygen atoms in total. The second kappa shape index (κ2) is 7.41. The van der Waals surface area contributed by atoms with E-state index < -0.39 is 0 Å². The molecule has 0 saturated carbocycles. The Morgan fingerprint density at radius 3 is 2.56 bits per heavy atom. The van der Waals surface area contributed by atoms with Crippen molar-refractivity contribution in [1.29, 1.82) is 0 Å². The summed E-state index contributed by atoms with van der Waals surface area (Å²) >= 11 is 3.53. The van der Waals surface area contributed by atoms with Crippen LogP contribution in [0.1, 0.15) is 15.9 Å². The van der Waals surface area contributed by atoms with Crippen molar-refractivity contribution in [3.05, 3.63) is 64.1 Å². The van der Waals surface area contributed by atoms with Gasteiger partial charge < -0.3 is 9.80 Å². The molecule has 1 aliphatic heterocycles. The van der Waals surface area contributed by atoms with Gasteiger partial charge >= 0.3 is 0 Å². The monoisotopic (exact) mass is 423 g/mol. The number of fused-ring (bicyclic) bond motifs is 1. The summed E-state index contributed by atoms with van der Waals surface area (Å²) in [4.78, 5) is 22.4. The fourth-order valence-electron chi connectivity index (χ4n) is 3.49. The first-order valence-electron chi connectivity index (χ1n) is 9.16. The van der Waals surface area contributed by atoms with Crippen molar-refractivity contribution < 1.29 is 4.79 Å². The maximum absolute atomic E-state index is 13.4. The molecule has 0 atom stereocenters. The van der Waals surface area contributed by atoms with Gasteiger partial charge in [-0.1, -0.05) is 39.7 Å². The van der Waals surface area contributed by atoms with Gasteiger partial charge in [0.1, 0.15) is 0 Å². The zero-order valence-corrected chi connectivity index (χ0v) is 17.2. The lowest BCUT2D eigenvalue weighted by molar-refractivity contribution is 0.0666. The number of nitrogens with zero attached hydrogens (tertiary/aromatic N) is 3. The number of carbonyl (C=O) groups is 1. The smallest absolute Gasteiger partial charge is 0.254 e. The Bertz CT molecular complexity index is 1010. The quantitative estimate of drug-likeness (QED) is 0.614. The maximum Gasteiger partial charge on any atom is 0.254 e. The van der Waals surface area contributed by atoms with E-state index in [0.717, 1.165) is 63.9 Å². The van der Waals surface area contributed by atoms with E-state index in [1.54, 1.807) is 0 Å². The Hall–Kier alpha value is -2.24. The van der Waals surface area contributed by atoms with E-state index >= 15 is 0 Å². The second-order valence-corrected chi connectivity index (χ2v) is 8.10. The highest BCUT2D eigenvalue weighted by Gasteiger charge is 2.23. The van der Waals surface area contributed by atoms with Crippen LogP contribution in [0, 0.1) is 6.92 Å². The third kappa shape index (κ3) is 3.75. The fraction of sp³-hybridized carbons (Fsp3) is 0.273. The number of hydrogen-bond donors (Lipinski definition) is 0. The predicted molar refractivity (Wildman–Crippen MR) is 113 cm³/mol. The average molecular weight is 424 g/mol. The van der Waals surface area contributed by atoms with Crippen LogP contribution in [0.3, 0.4) is 0 Å². The lowest BCUT2D eigenvalue weighted by Crippen LogP contribution is -2.47. The highest BCUT2D eigenvalue weighted by atomic mass is 79.9. The van der Waals surface area contributed by atoms with Gasteiger partial charge in [0.2, 0.25) is 0 Å². The molecule has 0 radical (unpaired) electrons. The van der Waals surface area contributed by atoms with E-state index in [1.807, 2.05) is 54.3 Å². The average Bonchev–Trinajstić information content (AvgIpc) is 2.67. The lowest BCUT2D eigenvalue weighted by atomic mass is 10.0. The van der Waals surface area contributed by atoms with Crippen LogP contribution in [0.15, 0.2) is 53.0 Å². The number of benzene rings is 2. The molecule has 3 aromatic rings. The first-order valence-corrected chi connectivity index (χ1v) is 9.96. The van der Waals surface area contributed by atoms with Gasteiger partial charge in [0.15, 0.2) is 0 Å². The maximum atomic E-state index is 13.4. The molecule has 1 aromatic heterocycles. The molecule has 0 N–H and O–H groups in total. The number of piperazine rings is 1. The van der Waals surface area contributed by atoms with E-state index in [9.17, 15) is 4.79 Å². The Labute approximate surface area is 167 Å². The van der Waals surface area contributed by atoms with Gasteiger partial charge in [-0.05, 0) is 44.3 Å². The Morgan fingerprint density at radius 1 is 1.04 bits per heavy atom. The fourth-order valence-corrected chi connectivity index (χ4v) is 3.89. The molecule has 0 unspecified atom stereocenters. The summed E-state index contributed by atoms with van der Waals surface area (Å²) in [5.74, 6) is 0.0948. The Kier molecular flexibility index (Phi) is 4.98. The topological polar surface area (TPSA) is 36.4 Å². The summed E-state index contributed by atoms with van der Waals surface area (Å²) in [5, 5.41) is 0.928. The molecule has 1 aliphatic rings. The molecule has 138 valence electrons. The van der Waals surface area contributed by atoms with Gasteiger partial charge in [-0.15, -0.1) is 0 Å². The van der Waals surface area contributed by atoms with Crippen molar-refractivity contribution in [3.8, 4) is 11.3 Å². The number of pyridine rings is 1. The van der Waals surface area contributed by atoms with Crippen LogP contribution in [-0.2, 0) is 0 Å². The molecule has 2 heterocycles. The van der Waals surface area contributed by atoms with Crippen molar-refractivity contribution in [2.45, 2.75) is 6.92 Å². The summed E-state index contributed by atoms with van der Waals surface area (Å²) in [7, 11) is 2.10. The van der Waals surface area contributed by atoms with E-state index in [-0.39, 0.29) is 5.91 Å². The largest absolute Gasteiger partial charge is 0.336 e. The first kappa shape index (κ1) is 18.1. The molecular weight excluding hydrogens is 402 g/mol. The van der Waals surface area contributed by atoms with Crippen LogP contribution >= 0.6 is 15.9 Å². The van der Waals surface area contributed by atoms with Crippen LogP contribution in [0.2, 0.25) is 0 Å². The Balaban J connectivity index is 1.84. The SMILES string of the molecule is Cc1ccc2nc(-c3cccc(Br)c3)cc(C(=O)N3CCN(C)CC3)c2c1. The molecule has 0 bridgehead atoms.